The number of hydrogen-bond acceptors (Lipinski definition) is 5. The van der Waals surface area contributed by atoms with E-state index in [-0.39, 0.29) is 30.5 Å². The Morgan fingerprint density at radius 3 is 2.12 bits per heavy atom. The van der Waals surface area contributed by atoms with Gasteiger partial charge >= 0.3 is 13.2 Å². The molecule has 6 nitrogen and oxygen atoms in total. The van der Waals surface area contributed by atoms with E-state index >= 15 is 0 Å². The molecule has 0 unspecified atom stereocenters. The Bertz CT molecular complexity index is 795. The van der Waals surface area contributed by atoms with E-state index < -0.39 is 0 Å². The molecule has 0 bridgehead atoms. The Morgan fingerprint density at radius 2 is 1.59 bits per heavy atom. The average Bonchev–Trinajstić information content (AvgIpc) is 2.97. The molecule has 190 valence electrons. The summed E-state index contributed by atoms with van der Waals surface area (Å²) >= 11 is 0. The number of amides is 1. The summed E-state index contributed by atoms with van der Waals surface area (Å²) in [5.74, 6) is 1.08. The van der Waals surface area contributed by atoms with Crippen LogP contribution in [0.25, 0.3) is 0 Å². The lowest BCUT2D eigenvalue weighted by atomic mass is 9.75. The molecule has 1 aromatic rings. The molecule has 1 aromatic carbocycles. The minimum absolute atomic E-state index is 0.210. The summed E-state index contributed by atoms with van der Waals surface area (Å²) in [4.78, 5) is 14.8. The molecule has 1 amide bonds. The zero-order valence-corrected chi connectivity index (χ0v) is 22.5. The van der Waals surface area contributed by atoms with Crippen molar-refractivity contribution in [1.82, 2.24) is 4.90 Å². The number of ether oxygens (including phenoxy) is 2. The molecule has 0 N–H and O–H groups in total. The van der Waals surface area contributed by atoms with Crippen LogP contribution in [0.4, 0.5) is 4.79 Å². The van der Waals surface area contributed by atoms with E-state index in [1.54, 1.807) is 0 Å². The van der Waals surface area contributed by atoms with Gasteiger partial charge in [0, 0.05) is 6.04 Å². The van der Waals surface area contributed by atoms with Gasteiger partial charge in [0.05, 0.1) is 24.4 Å². The van der Waals surface area contributed by atoms with Crippen molar-refractivity contribution in [2.45, 2.75) is 98.3 Å². The summed E-state index contributed by atoms with van der Waals surface area (Å²) in [6.45, 7) is 18.3. The van der Waals surface area contributed by atoms with E-state index in [1.165, 1.54) is 0 Å². The van der Waals surface area contributed by atoms with Crippen molar-refractivity contribution in [2.24, 2.45) is 11.3 Å². The summed E-state index contributed by atoms with van der Waals surface area (Å²) in [5.41, 5.74) is 0.581. The molecule has 3 rings (SSSR count). The standard InChI is InChI=1S/C27H44BNO5/c1-20(2)19-32-24(30)29(22-13-15-25(3,4)16-14-22)17-18-31-23-11-9-21(10-12-23)28-33-26(5,6)27(7,8)34-28/h9-12,20,22H,13-19H2,1-8H3. The first-order chi connectivity index (χ1) is 15.8. The summed E-state index contributed by atoms with van der Waals surface area (Å²) < 4.78 is 23.9. The van der Waals surface area contributed by atoms with Crippen molar-refractivity contribution >= 4 is 18.7 Å². The molecule has 2 aliphatic rings. The molecule has 1 saturated carbocycles. The van der Waals surface area contributed by atoms with E-state index in [2.05, 4.69) is 55.4 Å². The third kappa shape index (κ3) is 6.69. The summed E-state index contributed by atoms with van der Waals surface area (Å²) in [6.07, 6.45) is 4.02. The maximum atomic E-state index is 12.9. The molecule has 7 heteroatoms. The Labute approximate surface area is 206 Å². The highest BCUT2D eigenvalue weighted by Crippen LogP contribution is 2.38. The van der Waals surface area contributed by atoms with Crippen LogP contribution in [0.3, 0.4) is 0 Å². The zero-order chi connectivity index (χ0) is 25.1. The maximum Gasteiger partial charge on any atom is 0.494 e. The predicted octanol–water partition coefficient (Wildman–Crippen LogP) is 5.43. The zero-order valence-electron chi connectivity index (χ0n) is 22.5. The average molecular weight is 473 g/mol. The number of benzene rings is 1. The van der Waals surface area contributed by atoms with Crippen LogP contribution < -0.4 is 10.2 Å². The number of carbonyl (C=O) groups excluding carboxylic acids is 1. The molecule has 0 spiro atoms. The number of carbonyl (C=O) groups is 1. The van der Waals surface area contributed by atoms with Gasteiger partial charge in [0.25, 0.3) is 0 Å². The normalized spacial score (nSPS) is 21.5. The van der Waals surface area contributed by atoms with Gasteiger partial charge in [-0.2, -0.15) is 0 Å². The molecule has 0 atom stereocenters. The molecular formula is C27H44BNO5. The first-order valence-electron chi connectivity index (χ1n) is 12.8. The van der Waals surface area contributed by atoms with Crippen molar-refractivity contribution in [1.29, 1.82) is 0 Å². The van der Waals surface area contributed by atoms with Gasteiger partial charge in [-0.15, -0.1) is 0 Å². The summed E-state index contributed by atoms with van der Waals surface area (Å²) in [6, 6.07) is 8.04. The molecule has 1 aliphatic carbocycles. The third-order valence-corrected chi connectivity index (χ3v) is 7.53. The van der Waals surface area contributed by atoms with Gasteiger partial charge in [-0.3, -0.25) is 0 Å². The summed E-state index contributed by atoms with van der Waals surface area (Å²) in [5, 5.41) is 0. The van der Waals surface area contributed by atoms with Crippen LogP contribution in [0.15, 0.2) is 24.3 Å². The van der Waals surface area contributed by atoms with E-state index in [4.69, 9.17) is 18.8 Å². The predicted molar refractivity (Wildman–Crippen MR) is 137 cm³/mol. The van der Waals surface area contributed by atoms with Crippen LogP contribution in [0.2, 0.25) is 0 Å². The van der Waals surface area contributed by atoms with E-state index in [0.29, 0.717) is 31.1 Å². The van der Waals surface area contributed by atoms with Gasteiger partial charge in [0.2, 0.25) is 0 Å². The number of rotatable bonds is 8. The number of nitrogens with zero attached hydrogens (tertiary/aromatic N) is 1. The second-order valence-electron chi connectivity index (χ2n) is 12.1. The minimum atomic E-state index is -0.388. The second kappa shape index (κ2) is 10.5. The topological polar surface area (TPSA) is 57.2 Å². The third-order valence-electron chi connectivity index (χ3n) is 7.53. The Kier molecular flexibility index (Phi) is 8.29. The molecule has 34 heavy (non-hydrogen) atoms. The van der Waals surface area contributed by atoms with E-state index in [1.807, 2.05) is 29.2 Å². The lowest BCUT2D eigenvalue weighted by molar-refractivity contribution is 0.00578. The van der Waals surface area contributed by atoms with Crippen molar-refractivity contribution in [3.63, 3.8) is 0 Å². The molecular weight excluding hydrogens is 429 g/mol. The van der Waals surface area contributed by atoms with Crippen molar-refractivity contribution in [3.8, 4) is 5.75 Å². The molecule has 1 aliphatic heterocycles. The molecule has 2 fully saturated rings. The smallest absolute Gasteiger partial charge is 0.492 e. The van der Waals surface area contributed by atoms with E-state index in [0.717, 1.165) is 36.9 Å². The van der Waals surface area contributed by atoms with Gasteiger partial charge in [-0.25, -0.2) is 4.79 Å². The van der Waals surface area contributed by atoms with Gasteiger partial charge < -0.3 is 23.7 Å². The quantitative estimate of drug-likeness (QED) is 0.472. The monoisotopic (exact) mass is 473 g/mol. The largest absolute Gasteiger partial charge is 0.494 e. The molecule has 0 radical (unpaired) electrons. The fourth-order valence-corrected chi connectivity index (χ4v) is 4.40. The van der Waals surface area contributed by atoms with Gasteiger partial charge in [-0.05, 0) is 82.3 Å². The maximum absolute atomic E-state index is 12.9. The van der Waals surface area contributed by atoms with Crippen LogP contribution >= 0.6 is 0 Å². The number of hydrogen-bond donors (Lipinski definition) is 0. The van der Waals surface area contributed by atoms with Gasteiger partial charge in [0.1, 0.15) is 12.4 Å². The van der Waals surface area contributed by atoms with Crippen molar-refractivity contribution in [2.75, 3.05) is 19.8 Å². The Balaban J connectivity index is 1.56. The van der Waals surface area contributed by atoms with Gasteiger partial charge in [0.15, 0.2) is 0 Å². The molecule has 1 heterocycles. The molecule has 0 aromatic heterocycles. The lowest BCUT2D eigenvalue weighted by Crippen LogP contribution is -2.45. The molecule has 1 saturated heterocycles. The van der Waals surface area contributed by atoms with Crippen molar-refractivity contribution in [3.05, 3.63) is 24.3 Å². The Hall–Kier alpha value is -1.73. The van der Waals surface area contributed by atoms with Crippen LogP contribution in [0.1, 0.15) is 81.1 Å². The fourth-order valence-electron chi connectivity index (χ4n) is 4.40. The van der Waals surface area contributed by atoms with Crippen LogP contribution in [0, 0.1) is 11.3 Å². The minimum Gasteiger partial charge on any atom is -0.492 e. The highest BCUT2D eigenvalue weighted by Gasteiger charge is 2.51. The second-order valence-corrected chi connectivity index (χ2v) is 12.1. The lowest BCUT2D eigenvalue weighted by Gasteiger charge is -2.39. The van der Waals surface area contributed by atoms with Gasteiger partial charge in [-0.1, -0.05) is 39.8 Å². The Morgan fingerprint density at radius 1 is 1.03 bits per heavy atom. The van der Waals surface area contributed by atoms with Crippen LogP contribution in [-0.4, -0.2) is 55.1 Å². The highest BCUT2D eigenvalue weighted by molar-refractivity contribution is 6.62. The first kappa shape index (κ1) is 26.9. The van der Waals surface area contributed by atoms with E-state index in [9.17, 15) is 4.79 Å². The van der Waals surface area contributed by atoms with Crippen LogP contribution in [-0.2, 0) is 14.0 Å². The van der Waals surface area contributed by atoms with Crippen LogP contribution in [0.5, 0.6) is 5.75 Å². The fraction of sp³-hybridized carbons (Fsp3) is 0.741. The van der Waals surface area contributed by atoms with Crippen molar-refractivity contribution < 1.29 is 23.6 Å². The highest BCUT2D eigenvalue weighted by atomic mass is 16.7. The first-order valence-corrected chi connectivity index (χ1v) is 12.8. The summed E-state index contributed by atoms with van der Waals surface area (Å²) in [7, 11) is -0.388. The SMILES string of the molecule is CC(C)COC(=O)N(CCOc1ccc(B2OC(C)(C)C(C)(C)O2)cc1)C1CCC(C)(C)CC1.